The van der Waals surface area contributed by atoms with Gasteiger partial charge < -0.3 is 15.5 Å². The van der Waals surface area contributed by atoms with Crippen molar-refractivity contribution >= 4 is 5.69 Å². The van der Waals surface area contributed by atoms with E-state index in [2.05, 4.69) is 5.32 Å². The van der Waals surface area contributed by atoms with Crippen molar-refractivity contribution in [1.29, 1.82) is 0 Å². The Kier molecular flexibility index (Phi) is 4.59. The summed E-state index contributed by atoms with van der Waals surface area (Å²) in [5.41, 5.74) is 3.38. The third-order valence-corrected chi connectivity index (χ3v) is 2.53. The molecule has 1 atom stereocenters. The van der Waals surface area contributed by atoms with E-state index in [0.717, 1.165) is 16.8 Å². The van der Waals surface area contributed by atoms with E-state index < -0.39 is 0 Å². The fourth-order valence-electron chi connectivity index (χ4n) is 1.61. The number of anilines is 1. The van der Waals surface area contributed by atoms with Crippen LogP contribution < -0.4 is 5.32 Å². The highest BCUT2D eigenvalue weighted by Gasteiger charge is 2.09. The molecule has 1 unspecified atom stereocenters. The summed E-state index contributed by atoms with van der Waals surface area (Å²) in [6.45, 7) is 4.18. The predicted octanol–water partition coefficient (Wildman–Crippen LogP) is 1.46. The number of aliphatic hydroxyl groups is 2. The van der Waals surface area contributed by atoms with Gasteiger partial charge in [0.2, 0.25) is 0 Å². The van der Waals surface area contributed by atoms with Crippen LogP contribution in [0.5, 0.6) is 0 Å². The lowest BCUT2D eigenvalue weighted by Crippen LogP contribution is -2.25. The number of hydrogen-bond donors (Lipinski definition) is 3. The summed E-state index contributed by atoms with van der Waals surface area (Å²) in [4.78, 5) is 0. The van der Waals surface area contributed by atoms with Crippen LogP contribution in [0.2, 0.25) is 0 Å². The van der Waals surface area contributed by atoms with Gasteiger partial charge in [-0.25, -0.2) is 0 Å². The molecular weight excluding hydrogens is 190 g/mol. The second kappa shape index (κ2) is 5.73. The fourth-order valence-corrected chi connectivity index (χ4v) is 1.61. The second-order valence-electron chi connectivity index (χ2n) is 3.80. The molecule has 0 spiro atoms. The molecular formula is C12H19NO2. The van der Waals surface area contributed by atoms with Gasteiger partial charge in [-0.15, -0.1) is 0 Å². The first-order valence-corrected chi connectivity index (χ1v) is 5.23. The van der Waals surface area contributed by atoms with Crippen LogP contribution in [-0.4, -0.2) is 29.5 Å². The van der Waals surface area contributed by atoms with Crippen LogP contribution in [0, 0.1) is 13.8 Å². The zero-order valence-electron chi connectivity index (χ0n) is 9.33. The Hall–Kier alpha value is -1.06. The molecule has 0 fully saturated rings. The van der Waals surface area contributed by atoms with Gasteiger partial charge in [0.1, 0.15) is 0 Å². The van der Waals surface area contributed by atoms with E-state index in [1.165, 1.54) is 0 Å². The first-order chi connectivity index (χ1) is 7.19. The molecule has 3 nitrogen and oxygen atoms in total. The zero-order valence-corrected chi connectivity index (χ0v) is 9.33. The Labute approximate surface area is 90.8 Å². The molecule has 1 aromatic rings. The van der Waals surface area contributed by atoms with Gasteiger partial charge in [0.25, 0.3) is 0 Å². The molecule has 1 rings (SSSR count). The summed E-state index contributed by atoms with van der Waals surface area (Å²) in [5.74, 6) is 0. The molecule has 1 aromatic carbocycles. The van der Waals surface area contributed by atoms with Gasteiger partial charge in [-0.1, -0.05) is 18.2 Å². The summed E-state index contributed by atoms with van der Waals surface area (Å²) < 4.78 is 0. The first kappa shape index (κ1) is 12.0. The van der Waals surface area contributed by atoms with Crippen molar-refractivity contribution in [2.24, 2.45) is 0 Å². The summed E-state index contributed by atoms with van der Waals surface area (Å²) in [6, 6.07) is 6.00. The highest BCUT2D eigenvalue weighted by molar-refractivity contribution is 5.57. The van der Waals surface area contributed by atoms with E-state index in [-0.39, 0.29) is 19.3 Å². The molecule has 0 bridgehead atoms. The van der Waals surface area contributed by atoms with Gasteiger partial charge in [-0.05, 0) is 31.4 Å². The van der Waals surface area contributed by atoms with Crippen molar-refractivity contribution in [2.75, 3.05) is 18.5 Å². The van der Waals surface area contributed by atoms with Crippen molar-refractivity contribution in [3.8, 4) is 0 Å². The minimum atomic E-state index is -0.0743. The van der Waals surface area contributed by atoms with Crippen molar-refractivity contribution in [1.82, 2.24) is 0 Å². The Morgan fingerprint density at radius 3 is 2.27 bits per heavy atom. The molecule has 15 heavy (non-hydrogen) atoms. The number of aryl methyl sites for hydroxylation is 2. The van der Waals surface area contributed by atoms with Crippen molar-refractivity contribution in [2.45, 2.75) is 26.3 Å². The molecule has 0 saturated carbocycles. The highest BCUT2D eigenvalue weighted by Crippen LogP contribution is 2.20. The molecule has 3 N–H and O–H groups in total. The first-order valence-electron chi connectivity index (χ1n) is 5.23. The highest BCUT2D eigenvalue weighted by atomic mass is 16.3. The monoisotopic (exact) mass is 209 g/mol. The van der Waals surface area contributed by atoms with Gasteiger partial charge in [0.15, 0.2) is 0 Å². The maximum Gasteiger partial charge on any atom is 0.0633 e. The van der Waals surface area contributed by atoms with Crippen LogP contribution in [0.15, 0.2) is 18.2 Å². The van der Waals surface area contributed by atoms with Gasteiger partial charge in [0, 0.05) is 12.3 Å². The average Bonchev–Trinajstić information content (AvgIpc) is 2.22. The molecule has 0 aliphatic heterocycles. The minimum absolute atomic E-state index is 0.0360. The molecule has 0 radical (unpaired) electrons. The summed E-state index contributed by atoms with van der Waals surface area (Å²) in [7, 11) is 0. The van der Waals surface area contributed by atoms with Crippen LogP contribution >= 0.6 is 0 Å². The molecule has 0 aliphatic carbocycles. The van der Waals surface area contributed by atoms with Crippen LogP contribution in [0.1, 0.15) is 17.5 Å². The number of rotatable bonds is 5. The van der Waals surface area contributed by atoms with Crippen LogP contribution in [0.3, 0.4) is 0 Å². The minimum Gasteiger partial charge on any atom is -0.396 e. The number of aliphatic hydroxyl groups excluding tert-OH is 2. The molecule has 0 heterocycles. The van der Waals surface area contributed by atoms with Gasteiger partial charge in [-0.3, -0.25) is 0 Å². The molecule has 0 aromatic heterocycles. The van der Waals surface area contributed by atoms with Gasteiger partial charge in [0.05, 0.1) is 12.6 Å². The lowest BCUT2D eigenvalue weighted by atomic mass is 10.1. The van der Waals surface area contributed by atoms with E-state index in [4.69, 9.17) is 10.2 Å². The number of benzene rings is 1. The smallest absolute Gasteiger partial charge is 0.0633 e. The van der Waals surface area contributed by atoms with E-state index >= 15 is 0 Å². The third-order valence-electron chi connectivity index (χ3n) is 2.53. The lowest BCUT2D eigenvalue weighted by Gasteiger charge is -2.19. The maximum atomic E-state index is 9.13. The second-order valence-corrected chi connectivity index (χ2v) is 3.80. The summed E-state index contributed by atoms with van der Waals surface area (Å²) in [6.07, 6.45) is 0.560. The van der Waals surface area contributed by atoms with E-state index in [0.29, 0.717) is 6.42 Å². The van der Waals surface area contributed by atoms with Crippen LogP contribution in [-0.2, 0) is 0 Å². The Balaban J connectivity index is 2.78. The fraction of sp³-hybridized carbons (Fsp3) is 0.500. The Morgan fingerprint density at radius 1 is 1.20 bits per heavy atom. The zero-order chi connectivity index (χ0) is 11.3. The van der Waals surface area contributed by atoms with E-state index in [1.54, 1.807) is 0 Å². The van der Waals surface area contributed by atoms with E-state index in [1.807, 2.05) is 32.0 Å². The third kappa shape index (κ3) is 3.22. The van der Waals surface area contributed by atoms with Crippen molar-refractivity contribution in [3.05, 3.63) is 29.3 Å². The SMILES string of the molecule is Cc1cccc(C)c1NC(CO)CCO. The summed E-state index contributed by atoms with van der Waals surface area (Å²) in [5, 5.41) is 21.2. The normalized spacial score (nSPS) is 12.5. The van der Waals surface area contributed by atoms with Crippen LogP contribution in [0.4, 0.5) is 5.69 Å². The number of hydrogen-bond acceptors (Lipinski definition) is 3. The van der Waals surface area contributed by atoms with Crippen molar-refractivity contribution < 1.29 is 10.2 Å². The maximum absolute atomic E-state index is 9.13. The van der Waals surface area contributed by atoms with E-state index in [9.17, 15) is 0 Å². The summed E-state index contributed by atoms with van der Waals surface area (Å²) >= 11 is 0. The number of para-hydroxylation sites is 1. The molecule has 0 amide bonds. The molecule has 3 heteroatoms. The quantitative estimate of drug-likeness (QED) is 0.688. The molecule has 0 saturated heterocycles. The predicted molar refractivity (Wildman–Crippen MR) is 62.1 cm³/mol. The molecule has 0 aliphatic rings. The Bertz CT molecular complexity index is 292. The van der Waals surface area contributed by atoms with Gasteiger partial charge >= 0.3 is 0 Å². The number of nitrogens with one attached hydrogen (secondary N) is 1. The standard InChI is InChI=1S/C12H19NO2/c1-9-4-3-5-10(2)12(9)13-11(8-15)6-7-14/h3-5,11,13-15H,6-8H2,1-2H3. The van der Waals surface area contributed by atoms with Crippen molar-refractivity contribution in [3.63, 3.8) is 0 Å². The molecule has 84 valence electrons. The van der Waals surface area contributed by atoms with Gasteiger partial charge in [-0.2, -0.15) is 0 Å². The largest absolute Gasteiger partial charge is 0.396 e. The Morgan fingerprint density at radius 2 is 1.80 bits per heavy atom. The average molecular weight is 209 g/mol. The lowest BCUT2D eigenvalue weighted by molar-refractivity contribution is 0.229. The van der Waals surface area contributed by atoms with Crippen LogP contribution in [0.25, 0.3) is 0 Å². The topological polar surface area (TPSA) is 52.5 Å².